The van der Waals surface area contributed by atoms with E-state index in [1.165, 1.54) is 11.8 Å². The number of hydrogen-bond donors (Lipinski definition) is 14. The van der Waals surface area contributed by atoms with Gasteiger partial charge in [0.2, 0.25) is 53.2 Å². The molecule has 9 atom stereocenters. The van der Waals surface area contributed by atoms with Gasteiger partial charge in [-0.1, -0.05) is 55.4 Å². The fraction of sp³-hybridized carbons (Fsp3) is 0.723. The summed E-state index contributed by atoms with van der Waals surface area (Å²) < 4.78 is 0. The first kappa shape index (κ1) is 68.4. The number of carboxylic acid groups (broad SMARTS) is 4. The van der Waals surface area contributed by atoms with Crippen LogP contribution in [0.15, 0.2) is 0 Å². The van der Waals surface area contributed by atoms with Crippen molar-refractivity contribution in [1.82, 2.24) is 42.5 Å². The lowest BCUT2D eigenvalue weighted by molar-refractivity contribution is -0.143. The lowest BCUT2D eigenvalue weighted by Crippen LogP contribution is -2.61. The number of aliphatic carboxylic acids is 4. The zero-order chi connectivity index (χ0) is 57.9. The van der Waals surface area contributed by atoms with Crippen LogP contribution in [0, 0.1) is 23.7 Å². The largest absolute Gasteiger partial charge is 0.481 e. The number of primary amides is 1. The van der Waals surface area contributed by atoms with Crippen LogP contribution in [0.3, 0.4) is 0 Å². The predicted molar refractivity (Wildman–Crippen MR) is 272 cm³/mol. The lowest BCUT2D eigenvalue weighted by atomic mass is 9.97. The molecule has 9 amide bonds. The highest BCUT2D eigenvalue weighted by molar-refractivity contribution is 7.98. The minimum atomic E-state index is -1.87. The Morgan fingerprint density at radius 2 is 0.733 bits per heavy atom. The van der Waals surface area contributed by atoms with E-state index in [9.17, 15) is 72.5 Å². The van der Waals surface area contributed by atoms with Crippen molar-refractivity contribution in [1.29, 1.82) is 0 Å². The van der Waals surface area contributed by atoms with Crippen molar-refractivity contribution in [2.24, 2.45) is 35.1 Å². The molecule has 0 aliphatic heterocycles. The van der Waals surface area contributed by atoms with E-state index in [0.717, 1.165) is 0 Å². The number of rotatable bonds is 38. The summed E-state index contributed by atoms with van der Waals surface area (Å²) in [6.45, 7) is 13.9. The predicted octanol–water partition coefficient (Wildman–Crippen LogP) is -1.71. The van der Waals surface area contributed by atoms with Crippen molar-refractivity contribution in [3.8, 4) is 0 Å². The summed E-state index contributed by atoms with van der Waals surface area (Å²) in [7, 11) is 0. The molecule has 0 aliphatic carbocycles. The van der Waals surface area contributed by atoms with Gasteiger partial charge in [0.05, 0.1) is 12.5 Å². The number of hydrogen-bond acceptors (Lipinski definition) is 15. The first-order valence-electron chi connectivity index (χ1n) is 24.6. The maximum atomic E-state index is 14.1. The SMILES string of the molecule is CSCC[C@H](NC(=O)[C@H](CC(C)C)NC(=O)[C@@H](NC(=O)[C@H](CC(C)C)NC(=O)[C@H](CC(C)C)NC(=O)[C@@H](N)CCC(=O)O)C(C)C)C(=O)N[C@@H](CCC(=O)O)C(=O)N[C@@H](CC(N)=O)C(=O)N[C@@H](CCC(=O)O)C(=O)O. The standard InChI is InChI=1S/C47H80N10O17S/c1-22(2)18-30(53-39(65)26(48)10-13-35(59)60)43(69)54-32(20-24(5)6)45(71)57-38(25(7)8)46(72)56-31(19-23(3)4)42(68)51-28(16-17-75-9)41(67)50-27(11-14-36(61)62)40(66)55-33(21-34(49)58)44(70)52-29(47(73)74)12-15-37(63)64/h22-33,38H,10-21,48H2,1-9H3,(H2,49,58)(H,50,67)(H,51,68)(H,52,70)(H,53,65)(H,54,69)(H,55,66)(H,56,72)(H,57,71)(H,59,60)(H,61,62)(H,63,64)(H,73,74)/t26-,27-,28-,29-,30-,31-,32-,33-,38-/m0/s1. The van der Waals surface area contributed by atoms with Crippen molar-refractivity contribution in [2.45, 2.75) is 180 Å². The van der Waals surface area contributed by atoms with Gasteiger partial charge in [0.15, 0.2) is 0 Å². The molecule has 0 aromatic rings. The van der Waals surface area contributed by atoms with Gasteiger partial charge in [0.25, 0.3) is 0 Å². The number of carbonyl (C=O) groups excluding carboxylic acids is 9. The number of nitrogens with two attached hydrogens (primary N) is 2. The molecule has 0 aliphatic rings. The molecule has 426 valence electrons. The van der Waals surface area contributed by atoms with Crippen LogP contribution in [0.5, 0.6) is 0 Å². The third-order valence-electron chi connectivity index (χ3n) is 11.1. The van der Waals surface area contributed by atoms with Crippen molar-refractivity contribution in [3.05, 3.63) is 0 Å². The van der Waals surface area contributed by atoms with Crippen LogP contribution in [0.1, 0.15) is 126 Å². The van der Waals surface area contributed by atoms with Crippen molar-refractivity contribution < 1.29 is 82.8 Å². The maximum Gasteiger partial charge on any atom is 0.326 e. The zero-order valence-electron chi connectivity index (χ0n) is 44.1. The molecule has 0 heterocycles. The second-order valence-electron chi connectivity index (χ2n) is 19.7. The van der Waals surface area contributed by atoms with E-state index >= 15 is 0 Å². The van der Waals surface area contributed by atoms with Crippen LogP contribution >= 0.6 is 11.8 Å². The summed E-state index contributed by atoms with van der Waals surface area (Å²) in [5.74, 6) is -15.0. The van der Waals surface area contributed by atoms with Crippen molar-refractivity contribution in [2.75, 3.05) is 12.0 Å². The Balaban J connectivity index is 6.66. The molecule has 16 N–H and O–H groups in total. The van der Waals surface area contributed by atoms with Crippen molar-refractivity contribution in [3.63, 3.8) is 0 Å². The third-order valence-corrected chi connectivity index (χ3v) is 11.7. The maximum absolute atomic E-state index is 14.1. The van der Waals surface area contributed by atoms with E-state index in [1.54, 1.807) is 61.6 Å². The Morgan fingerprint density at radius 1 is 0.413 bits per heavy atom. The van der Waals surface area contributed by atoms with E-state index in [0.29, 0.717) is 0 Å². The van der Waals surface area contributed by atoms with Crippen LogP contribution in [-0.4, -0.2) is 164 Å². The highest BCUT2D eigenvalue weighted by Crippen LogP contribution is 2.14. The molecule has 0 spiro atoms. The Kier molecular flexibility index (Phi) is 31.8. The molecule has 0 fully saturated rings. The minimum absolute atomic E-state index is 0.00809. The lowest BCUT2D eigenvalue weighted by Gasteiger charge is -2.30. The summed E-state index contributed by atoms with van der Waals surface area (Å²) >= 11 is 1.28. The van der Waals surface area contributed by atoms with Crippen LogP contribution in [-0.2, 0) is 62.3 Å². The molecule has 0 bridgehead atoms. The highest BCUT2D eigenvalue weighted by atomic mass is 32.2. The Hall–Kier alpha value is -6.58. The van der Waals surface area contributed by atoms with Gasteiger partial charge in [0, 0.05) is 19.3 Å². The van der Waals surface area contributed by atoms with Crippen LogP contribution < -0.4 is 54.0 Å². The average molecular weight is 1090 g/mol. The Morgan fingerprint density at radius 3 is 1.12 bits per heavy atom. The molecule has 75 heavy (non-hydrogen) atoms. The highest BCUT2D eigenvalue weighted by Gasteiger charge is 2.37. The smallest absolute Gasteiger partial charge is 0.326 e. The van der Waals surface area contributed by atoms with E-state index in [1.807, 2.05) is 5.32 Å². The van der Waals surface area contributed by atoms with E-state index in [2.05, 4.69) is 37.2 Å². The third kappa shape index (κ3) is 28.6. The summed E-state index contributed by atoms with van der Waals surface area (Å²) in [5, 5.41) is 56.7. The summed E-state index contributed by atoms with van der Waals surface area (Å²) in [4.78, 5) is 167. The molecule has 27 nitrogen and oxygen atoms in total. The molecule has 0 saturated carbocycles. The fourth-order valence-corrected chi connectivity index (χ4v) is 7.66. The first-order valence-corrected chi connectivity index (χ1v) is 26.0. The van der Waals surface area contributed by atoms with Crippen molar-refractivity contribution >= 4 is 88.8 Å². The molecule has 0 unspecified atom stereocenters. The summed E-state index contributed by atoms with van der Waals surface area (Å²) in [6, 6.07) is -13.1. The molecule has 0 rings (SSSR count). The molecule has 0 radical (unpaired) electrons. The normalized spacial score (nSPS) is 14.9. The van der Waals surface area contributed by atoms with Gasteiger partial charge in [-0.3, -0.25) is 57.5 Å². The van der Waals surface area contributed by atoms with Gasteiger partial charge in [-0.05, 0) is 80.6 Å². The molecular formula is C47H80N10O17S. The molecular weight excluding hydrogens is 1010 g/mol. The number of carbonyl (C=O) groups is 13. The van der Waals surface area contributed by atoms with Crippen LogP contribution in [0.25, 0.3) is 0 Å². The molecule has 0 aromatic heterocycles. The summed E-state index contributed by atoms with van der Waals surface area (Å²) in [5.41, 5.74) is 11.2. The van der Waals surface area contributed by atoms with Gasteiger partial charge in [-0.25, -0.2) is 4.79 Å². The molecule has 0 aromatic carbocycles. The zero-order valence-corrected chi connectivity index (χ0v) is 45.0. The summed E-state index contributed by atoms with van der Waals surface area (Å²) in [6.07, 6.45) is -2.16. The van der Waals surface area contributed by atoms with Gasteiger partial charge in [0.1, 0.15) is 48.3 Å². The number of thioether (sulfide) groups is 1. The molecule has 28 heteroatoms. The van der Waals surface area contributed by atoms with E-state index in [-0.39, 0.29) is 62.0 Å². The molecule has 0 saturated heterocycles. The average Bonchev–Trinajstić information content (AvgIpc) is 3.28. The number of amides is 9. The van der Waals surface area contributed by atoms with Gasteiger partial charge in [-0.2, -0.15) is 11.8 Å². The Bertz CT molecular complexity index is 2010. The van der Waals surface area contributed by atoms with Gasteiger partial charge >= 0.3 is 23.9 Å². The topological polar surface area (TPSA) is 451 Å². The first-order chi connectivity index (χ1) is 34.8. The van der Waals surface area contributed by atoms with Gasteiger partial charge < -0.3 is 74.4 Å². The van der Waals surface area contributed by atoms with Gasteiger partial charge in [-0.15, -0.1) is 0 Å². The fourth-order valence-electron chi connectivity index (χ4n) is 7.19. The van der Waals surface area contributed by atoms with E-state index < -0.39 is 169 Å². The second-order valence-corrected chi connectivity index (χ2v) is 20.7. The second kappa shape index (κ2) is 34.8. The van der Waals surface area contributed by atoms with Crippen LogP contribution in [0.2, 0.25) is 0 Å². The monoisotopic (exact) mass is 1090 g/mol. The number of nitrogens with one attached hydrogen (secondary N) is 8. The number of carboxylic acids is 4. The minimum Gasteiger partial charge on any atom is -0.481 e. The Labute approximate surface area is 440 Å². The van der Waals surface area contributed by atoms with E-state index in [4.69, 9.17) is 21.7 Å². The van der Waals surface area contributed by atoms with Crippen LogP contribution in [0.4, 0.5) is 0 Å². The quantitative estimate of drug-likeness (QED) is 0.0327.